The molecule has 1 amide bonds. The van der Waals surface area contributed by atoms with Crippen molar-refractivity contribution < 1.29 is 37.0 Å². The Balaban J connectivity index is 1.63. The first-order chi connectivity index (χ1) is 21.8. The SMILES string of the molecule is CCCS(=O)(=O)Nc1cc(C(C)(C)C)cc(NC(=O)C(=O)c2ccc(OCC(=O)c3ccc(OC)cc3)c3ccccc23)c1OC. The van der Waals surface area contributed by atoms with E-state index in [2.05, 4.69) is 10.0 Å². The fourth-order valence-electron chi connectivity index (χ4n) is 4.84. The van der Waals surface area contributed by atoms with Crippen LogP contribution in [0.4, 0.5) is 11.4 Å². The van der Waals surface area contributed by atoms with Crippen LogP contribution in [0.15, 0.2) is 72.8 Å². The van der Waals surface area contributed by atoms with Gasteiger partial charge in [0.25, 0.3) is 11.7 Å². The number of amides is 1. The van der Waals surface area contributed by atoms with E-state index in [4.69, 9.17) is 14.2 Å². The van der Waals surface area contributed by atoms with Gasteiger partial charge in [0.15, 0.2) is 18.1 Å². The topological polar surface area (TPSA) is 137 Å². The number of Topliss-reactive ketones (excluding diaryl/α,β-unsaturated/α-hetero) is 2. The van der Waals surface area contributed by atoms with E-state index in [0.29, 0.717) is 39.8 Å². The van der Waals surface area contributed by atoms with Crippen molar-refractivity contribution in [1.82, 2.24) is 0 Å². The van der Waals surface area contributed by atoms with Crippen LogP contribution >= 0.6 is 0 Å². The average Bonchev–Trinajstić information content (AvgIpc) is 3.02. The Morgan fingerprint density at radius 2 is 1.48 bits per heavy atom. The molecule has 242 valence electrons. The second-order valence-corrected chi connectivity index (χ2v) is 13.5. The first-order valence-electron chi connectivity index (χ1n) is 14.7. The second kappa shape index (κ2) is 14.0. The van der Waals surface area contributed by atoms with Crippen LogP contribution in [0, 0.1) is 0 Å². The summed E-state index contributed by atoms with van der Waals surface area (Å²) in [5.41, 5.74) is 1.16. The zero-order valence-corrected chi connectivity index (χ0v) is 27.5. The van der Waals surface area contributed by atoms with Gasteiger partial charge >= 0.3 is 0 Å². The van der Waals surface area contributed by atoms with Crippen LogP contribution in [-0.2, 0) is 20.2 Å². The van der Waals surface area contributed by atoms with E-state index in [9.17, 15) is 22.8 Å². The maximum absolute atomic E-state index is 13.6. The van der Waals surface area contributed by atoms with Gasteiger partial charge in [0.1, 0.15) is 11.5 Å². The number of benzene rings is 4. The number of ether oxygens (including phenoxy) is 3. The smallest absolute Gasteiger partial charge is 0.296 e. The van der Waals surface area contributed by atoms with Gasteiger partial charge in [0.05, 0.1) is 31.3 Å². The Morgan fingerprint density at radius 1 is 0.826 bits per heavy atom. The molecule has 11 heteroatoms. The highest BCUT2D eigenvalue weighted by molar-refractivity contribution is 7.92. The summed E-state index contributed by atoms with van der Waals surface area (Å²) in [4.78, 5) is 39.8. The van der Waals surface area contributed by atoms with Gasteiger partial charge in [0, 0.05) is 16.5 Å². The van der Waals surface area contributed by atoms with Gasteiger partial charge in [-0.15, -0.1) is 0 Å². The molecule has 0 spiro atoms. The molecule has 10 nitrogen and oxygen atoms in total. The van der Waals surface area contributed by atoms with Gasteiger partial charge in [-0.3, -0.25) is 19.1 Å². The molecule has 0 radical (unpaired) electrons. The molecule has 0 aliphatic rings. The summed E-state index contributed by atoms with van der Waals surface area (Å²) in [5.74, 6) is -1.03. The monoisotopic (exact) mass is 646 g/mol. The number of carbonyl (C=O) groups excluding carboxylic acids is 3. The lowest BCUT2D eigenvalue weighted by atomic mass is 9.86. The number of carbonyl (C=O) groups is 3. The molecule has 4 rings (SSSR count). The molecule has 0 aliphatic carbocycles. The number of sulfonamides is 1. The lowest BCUT2D eigenvalue weighted by Crippen LogP contribution is -2.25. The van der Waals surface area contributed by atoms with Gasteiger partial charge in [-0.2, -0.15) is 0 Å². The molecule has 46 heavy (non-hydrogen) atoms. The van der Waals surface area contributed by atoms with Crippen LogP contribution in [0.3, 0.4) is 0 Å². The lowest BCUT2D eigenvalue weighted by Gasteiger charge is -2.24. The van der Waals surface area contributed by atoms with Crippen molar-refractivity contribution in [3.63, 3.8) is 0 Å². The van der Waals surface area contributed by atoms with Crippen molar-refractivity contribution in [1.29, 1.82) is 0 Å². The summed E-state index contributed by atoms with van der Waals surface area (Å²) in [6.07, 6.45) is 0.408. The highest BCUT2D eigenvalue weighted by Gasteiger charge is 2.26. The standard InChI is InChI=1S/C35H38N2O8S/c1-7-18-46(41,42)37-29-20-23(35(2,3)4)19-28(33(29)44-6)36-34(40)32(39)27-16-17-31(26-11-9-8-10-25(26)27)45-21-30(38)22-12-14-24(43-5)15-13-22/h8-17,19-20,37H,7,18,21H2,1-6H3,(H,36,40). The van der Waals surface area contributed by atoms with E-state index in [1.807, 2.05) is 20.8 Å². The van der Waals surface area contributed by atoms with Crippen LogP contribution in [-0.4, -0.2) is 52.5 Å². The quantitative estimate of drug-likeness (QED) is 0.126. The molecule has 0 fully saturated rings. The van der Waals surface area contributed by atoms with E-state index in [1.54, 1.807) is 80.8 Å². The van der Waals surface area contributed by atoms with Gasteiger partial charge < -0.3 is 19.5 Å². The summed E-state index contributed by atoms with van der Waals surface area (Å²) in [6.45, 7) is 7.34. The Labute approximate surface area is 269 Å². The Hall–Kier alpha value is -4.90. The molecule has 0 bridgehead atoms. The Morgan fingerprint density at radius 3 is 2.09 bits per heavy atom. The first kappa shape index (κ1) is 34.0. The van der Waals surface area contributed by atoms with Crippen molar-refractivity contribution in [2.24, 2.45) is 0 Å². The molecule has 0 atom stereocenters. The molecule has 0 unspecified atom stereocenters. The maximum atomic E-state index is 13.6. The van der Waals surface area contributed by atoms with E-state index >= 15 is 0 Å². The van der Waals surface area contributed by atoms with Crippen molar-refractivity contribution in [3.05, 3.63) is 89.5 Å². The summed E-state index contributed by atoms with van der Waals surface area (Å²) in [5, 5.41) is 3.65. The lowest BCUT2D eigenvalue weighted by molar-refractivity contribution is -0.112. The molecule has 0 aromatic heterocycles. The number of hydrogen-bond acceptors (Lipinski definition) is 8. The number of anilines is 2. The van der Waals surface area contributed by atoms with E-state index in [1.165, 1.54) is 13.2 Å². The van der Waals surface area contributed by atoms with Gasteiger partial charge in [-0.25, -0.2) is 8.42 Å². The predicted molar refractivity (Wildman–Crippen MR) is 179 cm³/mol. The molecular weight excluding hydrogens is 608 g/mol. The largest absolute Gasteiger partial charge is 0.497 e. The molecule has 2 N–H and O–H groups in total. The molecular formula is C35H38N2O8S. The van der Waals surface area contributed by atoms with Crippen LogP contribution in [0.5, 0.6) is 17.2 Å². The number of fused-ring (bicyclic) bond motifs is 1. The minimum atomic E-state index is -3.69. The van der Waals surface area contributed by atoms with Gasteiger partial charge in [0.2, 0.25) is 10.0 Å². The van der Waals surface area contributed by atoms with Crippen LogP contribution in [0.2, 0.25) is 0 Å². The third kappa shape index (κ3) is 7.84. The molecule has 0 saturated heterocycles. The number of nitrogens with one attached hydrogen (secondary N) is 2. The van der Waals surface area contributed by atoms with E-state index in [-0.39, 0.29) is 40.8 Å². The van der Waals surface area contributed by atoms with Crippen molar-refractivity contribution in [2.75, 3.05) is 36.6 Å². The Bertz CT molecular complexity index is 1880. The number of rotatable bonds is 13. The van der Waals surface area contributed by atoms with Crippen LogP contribution in [0.1, 0.15) is 60.4 Å². The minimum Gasteiger partial charge on any atom is -0.497 e. The molecule has 4 aromatic rings. The third-order valence-corrected chi connectivity index (χ3v) is 8.73. The molecule has 0 aliphatic heterocycles. The minimum absolute atomic E-state index is 0.0731. The zero-order chi connectivity index (χ0) is 33.6. The fourth-order valence-corrected chi connectivity index (χ4v) is 5.96. The number of hydrogen-bond donors (Lipinski definition) is 2. The normalized spacial score (nSPS) is 11.5. The number of methoxy groups -OCH3 is 2. The van der Waals surface area contributed by atoms with E-state index < -0.39 is 27.1 Å². The zero-order valence-electron chi connectivity index (χ0n) is 26.7. The van der Waals surface area contributed by atoms with Crippen LogP contribution < -0.4 is 24.2 Å². The first-order valence-corrected chi connectivity index (χ1v) is 16.3. The summed E-state index contributed by atoms with van der Waals surface area (Å²) < 4.78 is 44.4. The van der Waals surface area contributed by atoms with E-state index in [0.717, 1.165) is 0 Å². The van der Waals surface area contributed by atoms with Crippen LogP contribution in [0.25, 0.3) is 10.8 Å². The Kier molecular flexibility index (Phi) is 10.4. The van der Waals surface area contributed by atoms with Crippen molar-refractivity contribution in [2.45, 2.75) is 39.5 Å². The third-order valence-electron chi connectivity index (χ3n) is 7.25. The number of ketones is 2. The molecule has 0 heterocycles. The maximum Gasteiger partial charge on any atom is 0.296 e. The van der Waals surface area contributed by atoms with Gasteiger partial charge in [-0.1, -0.05) is 52.0 Å². The summed E-state index contributed by atoms with van der Waals surface area (Å²) >= 11 is 0. The molecule has 0 saturated carbocycles. The molecule has 4 aromatic carbocycles. The summed E-state index contributed by atoms with van der Waals surface area (Å²) in [7, 11) is -0.792. The second-order valence-electron chi connectivity index (χ2n) is 11.7. The highest BCUT2D eigenvalue weighted by Crippen LogP contribution is 2.39. The average molecular weight is 647 g/mol. The van der Waals surface area contributed by atoms with Crippen molar-refractivity contribution >= 4 is 49.6 Å². The summed E-state index contributed by atoms with van der Waals surface area (Å²) in [6, 6.07) is 20.0. The highest BCUT2D eigenvalue weighted by atomic mass is 32.2. The predicted octanol–water partition coefficient (Wildman–Crippen LogP) is 6.39. The fraction of sp³-hybridized carbons (Fsp3) is 0.286. The van der Waals surface area contributed by atoms with Gasteiger partial charge in [-0.05, 0) is 71.3 Å². The van der Waals surface area contributed by atoms with Crippen molar-refractivity contribution in [3.8, 4) is 17.2 Å².